The summed E-state index contributed by atoms with van der Waals surface area (Å²) in [4.78, 5) is 0. The number of nitrogens with one attached hydrogen (secondary N) is 1. The van der Waals surface area contributed by atoms with Crippen molar-refractivity contribution in [2.45, 2.75) is 38.0 Å². The first-order chi connectivity index (χ1) is 7.74. The van der Waals surface area contributed by atoms with Crippen LogP contribution in [0.3, 0.4) is 0 Å². The zero-order valence-corrected chi connectivity index (χ0v) is 10.4. The Labute approximate surface area is 102 Å². The van der Waals surface area contributed by atoms with E-state index in [-0.39, 0.29) is 0 Å². The molecule has 0 amide bonds. The molecule has 1 fully saturated rings. The maximum Gasteiger partial charge on any atom is 0.148 e. The summed E-state index contributed by atoms with van der Waals surface area (Å²) in [5.74, 6) is 1.55. The number of anilines is 1. The Morgan fingerprint density at radius 1 is 1.50 bits per heavy atom. The molecule has 0 bridgehead atoms. The van der Waals surface area contributed by atoms with Crippen molar-refractivity contribution in [2.24, 2.45) is 5.92 Å². The van der Waals surface area contributed by atoms with Crippen LogP contribution in [0.5, 0.6) is 0 Å². The van der Waals surface area contributed by atoms with Gasteiger partial charge in [-0.1, -0.05) is 6.42 Å². The third-order valence-electron chi connectivity index (χ3n) is 3.08. The van der Waals surface area contributed by atoms with Crippen LogP contribution in [0.2, 0.25) is 0 Å². The van der Waals surface area contributed by atoms with E-state index < -0.39 is 0 Å². The molecule has 3 nitrogen and oxygen atoms in total. The van der Waals surface area contributed by atoms with Crippen LogP contribution in [0.1, 0.15) is 31.2 Å². The molecule has 4 heteroatoms. The van der Waals surface area contributed by atoms with E-state index in [1.807, 2.05) is 13.0 Å². The molecule has 0 aromatic carbocycles. The SMILES string of the molecule is Cc1cnnc(NCC2CCCC(Cl)C2)c1. The predicted octanol–water partition coefficient (Wildman–Crippen LogP) is 2.99. The second-order valence-corrected chi connectivity index (χ2v) is 5.25. The molecule has 1 N–H and O–H groups in total. The zero-order chi connectivity index (χ0) is 11.4. The van der Waals surface area contributed by atoms with Gasteiger partial charge < -0.3 is 5.32 Å². The number of halogens is 1. The van der Waals surface area contributed by atoms with Crippen molar-refractivity contribution in [3.8, 4) is 0 Å². The lowest BCUT2D eigenvalue weighted by Crippen LogP contribution is -2.22. The van der Waals surface area contributed by atoms with Gasteiger partial charge in [-0.15, -0.1) is 16.7 Å². The van der Waals surface area contributed by atoms with Gasteiger partial charge in [-0.2, -0.15) is 5.10 Å². The highest BCUT2D eigenvalue weighted by Crippen LogP contribution is 2.27. The monoisotopic (exact) mass is 239 g/mol. The van der Waals surface area contributed by atoms with Crippen LogP contribution in [0, 0.1) is 12.8 Å². The number of aromatic nitrogens is 2. The lowest BCUT2D eigenvalue weighted by atomic mass is 9.89. The van der Waals surface area contributed by atoms with Crippen LogP contribution in [0.25, 0.3) is 0 Å². The van der Waals surface area contributed by atoms with Crippen molar-refractivity contribution in [1.82, 2.24) is 10.2 Å². The summed E-state index contributed by atoms with van der Waals surface area (Å²) in [6.45, 7) is 2.98. The summed E-state index contributed by atoms with van der Waals surface area (Å²) < 4.78 is 0. The van der Waals surface area contributed by atoms with Gasteiger partial charge in [0.25, 0.3) is 0 Å². The van der Waals surface area contributed by atoms with E-state index in [1.54, 1.807) is 6.20 Å². The van der Waals surface area contributed by atoms with Crippen molar-refractivity contribution < 1.29 is 0 Å². The number of nitrogens with zero attached hydrogens (tertiary/aromatic N) is 2. The van der Waals surface area contributed by atoms with Crippen molar-refractivity contribution >= 4 is 17.4 Å². The summed E-state index contributed by atoms with van der Waals surface area (Å²) in [6.07, 6.45) is 6.58. The molecule has 1 heterocycles. The molecule has 88 valence electrons. The molecule has 2 unspecified atom stereocenters. The zero-order valence-electron chi connectivity index (χ0n) is 9.62. The molecule has 0 aliphatic heterocycles. The van der Waals surface area contributed by atoms with Crippen LogP contribution in [-0.4, -0.2) is 22.1 Å². The Balaban J connectivity index is 1.82. The molecule has 0 saturated heterocycles. The molecular weight excluding hydrogens is 222 g/mol. The van der Waals surface area contributed by atoms with Gasteiger partial charge in [0.05, 0.1) is 6.20 Å². The first kappa shape index (κ1) is 11.6. The molecule has 2 rings (SSSR count). The second kappa shape index (κ2) is 5.48. The van der Waals surface area contributed by atoms with Gasteiger partial charge in [-0.25, -0.2) is 0 Å². The average molecular weight is 240 g/mol. The maximum atomic E-state index is 6.16. The Morgan fingerprint density at radius 3 is 3.12 bits per heavy atom. The molecule has 1 aliphatic carbocycles. The van der Waals surface area contributed by atoms with E-state index >= 15 is 0 Å². The molecule has 2 atom stereocenters. The molecule has 1 saturated carbocycles. The number of rotatable bonds is 3. The predicted molar refractivity (Wildman–Crippen MR) is 66.9 cm³/mol. The minimum atomic E-state index is 0.365. The fourth-order valence-electron chi connectivity index (χ4n) is 2.21. The van der Waals surface area contributed by atoms with Crippen molar-refractivity contribution in [3.63, 3.8) is 0 Å². The topological polar surface area (TPSA) is 37.8 Å². The number of alkyl halides is 1. The Kier molecular flexibility index (Phi) is 3.99. The first-order valence-corrected chi connectivity index (χ1v) is 6.35. The van der Waals surface area contributed by atoms with Crippen LogP contribution in [-0.2, 0) is 0 Å². The summed E-state index contributed by atoms with van der Waals surface area (Å²) in [5.41, 5.74) is 1.14. The van der Waals surface area contributed by atoms with Gasteiger partial charge in [0.15, 0.2) is 0 Å². The summed E-state index contributed by atoms with van der Waals surface area (Å²) in [7, 11) is 0. The number of hydrogen-bond donors (Lipinski definition) is 1. The first-order valence-electron chi connectivity index (χ1n) is 5.91. The minimum absolute atomic E-state index is 0.365. The van der Waals surface area contributed by atoms with E-state index in [0.717, 1.165) is 24.3 Å². The lowest BCUT2D eigenvalue weighted by Gasteiger charge is -2.25. The van der Waals surface area contributed by atoms with Gasteiger partial charge in [0.2, 0.25) is 0 Å². The van der Waals surface area contributed by atoms with Crippen LogP contribution in [0.15, 0.2) is 12.3 Å². The van der Waals surface area contributed by atoms with E-state index in [1.165, 1.54) is 19.3 Å². The van der Waals surface area contributed by atoms with E-state index in [0.29, 0.717) is 11.3 Å². The van der Waals surface area contributed by atoms with E-state index in [2.05, 4.69) is 15.5 Å². The Bertz CT molecular complexity index is 343. The highest BCUT2D eigenvalue weighted by molar-refractivity contribution is 6.20. The summed E-state index contributed by atoms with van der Waals surface area (Å²) >= 11 is 6.16. The fraction of sp³-hybridized carbons (Fsp3) is 0.667. The van der Waals surface area contributed by atoms with Crippen LogP contribution < -0.4 is 5.32 Å². The number of hydrogen-bond acceptors (Lipinski definition) is 3. The van der Waals surface area contributed by atoms with Crippen LogP contribution in [0.4, 0.5) is 5.82 Å². The Hall–Kier alpha value is -0.830. The highest BCUT2D eigenvalue weighted by atomic mass is 35.5. The highest BCUT2D eigenvalue weighted by Gasteiger charge is 2.19. The Morgan fingerprint density at radius 2 is 2.38 bits per heavy atom. The van der Waals surface area contributed by atoms with Crippen molar-refractivity contribution in [3.05, 3.63) is 17.8 Å². The smallest absolute Gasteiger partial charge is 0.148 e. The third kappa shape index (κ3) is 3.34. The molecule has 1 aromatic heterocycles. The quantitative estimate of drug-likeness (QED) is 0.824. The largest absolute Gasteiger partial charge is 0.368 e. The molecular formula is C12H18ClN3. The fourth-order valence-corrected chi connectivity index (χ4v) is 2.62. The summed E-state index contributed by atoms with van der Waals surface area (Å²) in [6, 6.07) is 2.02. The van der Waals surface area contributed by atoms with Gasteiger partial charge in [-0.3, -0.25) is 0 Å². The molecule has 0 radical (unpaired) electrons. The van der Waals surface area contributed by atoms with Crippen LogP contribution >= 0.6 is 11.6 Å². The van der Waals surface area contributed by atoms with Gasteiger partial charge >= 0.3 is 0 Å². The van der Waals surface area contributed by atoms with E-state index in [4.69, 9.17) is 11.6 Å². The third-order valence-corrected chi connectivity index (χ3v) is 3.48. The number of aryl methyl sites for hydroxylation is 1. The molecule has 1 aromatic rings. The maximum absolute atomic E-state index is 6.16. The molecule has 1 aliphatic rings. The van der Waals surface area contributed by atoms with Gasteiger partial charge in [0.1, 0.15) is 5.82 Å². The molecule has 0 spiro atoms. The second-order valence-electron chi connectivity index (χ2n) is 4.63. The van der Waals surface area contributed by atoms with Crippen molar-refractivity contribution in [2.75, 3.05) is 11.9 Å². The van der Waals surface area contributed by atoms with E-state index in [9.17, 15) is 0 Å². The van der Waals surface area contributed by atoms with Gasteiger partial charge in [0, 0.05) is 11.9 Å². The molecule has 16 heavy (non-hydrogen) atoms. The van der Waals surface area contributed by atoms with Gasteiger partial charge in [-0.05, 0) is 43.7 Å². The lowest BCUT2D eigenvalue weighted by molar-refractivity contribution is 0.378. The normalized spacial score (nSPS) is 25.4. The summed E-state index contributed by atoms with van der Waals surface area (Å²) in [5, 5.41) is 11.7. The standard InChI is InChI=1S/C12H18ClN3/c1-9-5-12(16-15-7-9)14-8-10-3-2-4-11(13)6-10/h5,7,10-11H,2-4,6,8H2,1H3,(H,14,16). The average Bonchev–Trinajstić information content (AvgIpc) is 2.27. The van der Waals surface area contributed by atoms with Crippen molar-refractivity contribution in [1.29, 1.82) is 0 Å². The minimum Gasteiger partial charge on any atom is -0.368 e.